The lowest BCUT2D eigenvalue weighted by Gasteiger charge is -2.20. The minimum Gasteiger partial charge on any atom is -0.396 e. The molecule has 0 heterocycles. The summed E-state index contributed by atoms with van der Waals surface area (Å²) >= 11 is 0. The zero-order chi connectivity index (χ0) is 15.1. The number of halogens is 1. The predicted octanol–water partition coefficient (Wildman–Crippen LogP) is 4.09. The van der Waals surface area contributed by atoms with Crippen LogP contribution in [0.4, 0.5) is 10.1 Å². The number of aliphatic hydroxyl groups excluding tert-OH is 1. The van der Waals surface area contributed by atoms with Crippen molar-refractivity contribution in [2.75, 3.05) is 11.9 Å². The van der Waals surface area contributed by atoms with Crippen molar-refractivity contribution in [3.63, 3.8) is 0 Å². The van der Waals surface area contributed by atoms with Crippen LogP contribution in [-0.2, 0) is 6.42 Å². The summed E-state index contributed by atoms with van der Waals surface area (Å²) in [5, 5.41) is 12.2. The van der Waals surface area contributed by atoms with Gasteiger partial charge in [-0.2, -0.15) is 0 Å². The van der Waals surface area contributed by atoms with Crippen molar-refractivity contribution in [1.29, 1.82) is 0 Å². The SMILES string of the molecule is C=CCC(Nc1ccc(CCO)cc1)c1ccccc1F. The lowest BCUT2D eigenvalue weighted by Crippen LogP contribution is -2.11. The molecule has 21 heavy (non-hydrogen) atoms. The minimum atomic E-state index is -0.214. The number of hydrogen-bond acceptors (Lipinski definition) is 2. The molecule has 0 aliphatic heterocycles. The van der Waals surface area contributed by atoms with Gasteiger partial charge in [0.1, 0.15) is 5.82 Å². The first-order chi connectivity index (χ1) is 10.2. The standard InChI is InChI=1S/C18H20FNO/c1-2-5-18(16-6-3-4-7-17(16)19)20-15-10-8-14(9-11-15)12-13-21/h2-4,6-11,18,20-21H,1,5,12-13H2. The van der Waals surface area contributed by atoms with Crippen LogP contribution < -0.4 is 5.32 Å². The molecule has 1 unspecified atom stereocenters. The number of aliphatic hydroxyl groups is 1. The lowest BCUT2D eigenvalue weighted by atomic mass is 10.0. The summed E-state index contributed by atoms with van der Waals surface area (Å²) in [5.74, 6) is -0.214. The van der Waals surface area contributed by atoms with Crippen LogP contribution >= 0.6 is 0 Å². The van der Waals surface area contributed by atoms with Crippen LogP contribution in [0, 0.1) is 5.82 Å². The molecule has 2 rings (SSSR count). The van der Waals surface area contributed by atoms with Gasteiger partial charge < -0.3 is 10.4 Å². The van der Waals surface area contributed by atoms with Crippen molar-refractivity contribution in [3.05, 3.63) is 78.1 Å². The van der Waals surface area contributed by atoms with Crippen molar-refractivity contribution >= 4 is 5.69 Å². The molecule has 0 radical (unpaired) electrons. The molecule has 0 saturated heterocycles. The number of hydrogen-bond donors (Lipinski definition) is 2. The van der Waals surface area contributed by atoms with Gasteiger partial charge in [0.2, 0.25) is 0 Å². The molecule has 0 aliphatic carbocycles. The van der Waals surface area contributed by atoms with E-state index in [0.29, 0.717) is 18.4 Å². The summed E-state index contributed by atoms with van der Waals surface area (Å²) in [6, 6.07) is 14.5. The van der Waals surface area contributed by atoms with E-state index in [-0.39, 0.29) is 18.5 Å². The second kappa shape index (κ2) is 7.60. The number of anilines is 1. The third-order valence-electron chi connectivity index (χ3n) is 3.38. The zero-order valence-corrected chi connectivity index (χ0v) is 11.9. The van der Waals surface area contributed by atoms with E-state index in [2.05, 4.69) is 11.9 Å². The fourth-order valence-electron chi connectivity index (χ4n) is 2.29. The van der Waals surface area contributed by atoms with Crippen molar-refractivity contribution < 1.29 is 9.50 Å². The molecule has 0 amide bonds. The van der Waals surface area contributed by atoms with Gasteiger partial charge in [-0.15, -0.1) is 6.58 Å². The molecule has 2 aromatic carbocycles. The molecule has 110 valence electrons. The van der Waals surface area contributed by atoms with E-state index >= 15 is 0 Å². The Balaban J connectivity index is 2.16. The summed E-state index contributed by atoms with van der Waals surface area (Å²) in [5.41, 5.74) is 2.64. The number of rotatable bonds is 7. The summed E-state index contributed by atoms with van der Waals surface area (Å²) < 4.78 is 13.9. The van der Waals surface area contributed by atoms with Gasteiger partial charge in [-0.05, 0) is 36.6 Å². The highest BCUT2D eigenvalue weighted by atomic mass is 19.1. The topological polar surface area (TPSA) is 32.3 Å². The Morgan fingerprint density at radius 3 is 2.48 bits per heavy atom. The largest absolute Gasteiger partial charge is 0.396 e. The van der Waals surface area contributed by atoms with Crippen LogP contribution in [0.2, 0.25) is 0 Å². The second-order valence-electron chi connectivity index (χ2n) is 4.91. The monoisotopic (exact) mass is 285 g/mol. The fraction of sp³-hybridized carbons (Fsp3) is 0.222. The van der Waals surface area contributed by atoms with E-state index in [1.807, 2.05) is 30.3 Å². The molecule has 0 saturated carbocycles. The van der Waals surface area contributed by atoms with Gasteiger partial charge in [-0.25, -0.2) is 4.39 Å². The maximum Gasteiger partial charge on any atom is 0.128 e. The highest BCUT2D eigenvalue weighted by Gasteiger charge is 2.13. The molecule has 2 N–H and O–H groups in total. The van der Waals surface area contributed by atoms with E-state index in [0.717, 1.165) is 11.3 Å². The molecular formula is C18H20FNO. The Kier molecular flexibility index (Phi) is 5.52. The molecule has 1 atom stereocenters. The first-order valence-electron chi connectivity index (χ1n) is 7.06. The summed E-state index contributed by atoms with van der Waals surface area (Å²) in [4.78, 5) is 0. The second-order valence-corrected chi connectivity index (χ2v) is 4.91. The van der Waals surface area contributed by atoms with Crippen LogP contribution in [0.25, 0.3) is 0 Å². The van der Waals surface area contributed by atoms with E-state index in [9.17, 15) is 4.39 Å². The Bertz CT molecular complexity index is 580. The van der Waals surface area contributed by atoms with Crippen LogP contribution in [0.3, 0.4) is 0 Å². The highest BCUT2D eigenvalue weighted by Crippen LogP contribution is 2.25. The van der Waals surface area contributed by atoms with Crippen molar-refractivity contribution in [3.8, 4) is 0 Å². The Morgan fingerprint density at radius 2 is 1.86 bits per heavy atom. The van der Waals surface area contributed by atoms with Crippen LogP contribution in [0.1, 0.15) is 23.6 Å². The number of nitrogens with one attached hydrogen (secondary N) is 1. The number of benzene rings is 2. The first kappa shape index (κ1) is 15.3. The first-order valence-corrected chi connectivity index (χ1v) is 7.06. The smallest absolute Gasteiger partial charge is 0.128 e. The predicted molar refractivity (Wildman–Crippen MR) is 84.8 cm³/mol. The summed E-state index contributed by atoms with van der Waals surface area (Å²) in [6.45, 7) is 3.89. The average molecular weight is 285 g/mol. The third-order valence-corrected chi connectivity index (χ3v) is 3.38. The van der Waals surface area contributed by atoms with Gasteiger partial charge >= 0.3 is 0 Å². The summed E-state index contributed by atoms with van der Waals surface area (Å²) in [7, 11) is 0. The Hall–Kier alpha value is -2.13. The molecule has 0 spiro atoms. The molecular weight excluding hydrogens is 265 g/mol. The molecule has 2 aromatic rings. The van der Waals surface area contributed by atoms with E-state index in [4.69, 9.17) is 5.11 Å². The molecule has 2 nitrogen and oxygen atoms in total. The minimum absolute atomic E-state index is 0.140. The Morgan fingerprint density at radius 1 is 1.14 bits per heavy atom. The molecule has 0 aromatic heterocycles. The van der Waals surface area contributed by atoms with Crippen LogP contribution in [-0.4, -0.2) is 11.7 Å². The maximum absolute atomic E-state index is 13.9. The quantitative estimate of drug-likeness (QED) is 0.751. The zero-order valence-electron chi connectivity index (χ0n) is 11.9. The summed E-state index contributed by atoms with van der Waals surface area (Å²) in [6.07, 6.45) is 3.06. The van der Waals surface area contributed by atoms with Gasteiger partial charge in [-0.1, -0.05) is 36.4 Å². The van der Waals surface area contributed by atoms with Gasteiger partial charge in [0.05, 0.1) is 6.04 Å². The van der Waals surface area contributed by atoms with Gasteiger partial charge in [0.15, 0.2) is 0 Å². The van der Waals surface area contributed by atoms with Crippen molar-refractivity contribution in [2.45, 2.75) is 18.9 Å². The molecule has 3 heteroatoms. The normalized spacial score (nSPS) is 11.9. The third kappa shape index (κ3) is 4.17. The van der Waals surface area contributed by atoms with E-state index in [1.165, 1.54) is 6.07 Å². The van der Waals surface area contributed by atoms with Crippen molar-refractivity contribution in [2.24, 2.45) is 0 Å². The Labute approximate surface area is 124 Å². The van der Waals surface area contributed by atoms with Crippen molar-refractivity contribution in [1.82, 2.24) is 0 Å². The maximum atomic E-state index is 13.9. The van der Waals surface area contributed by atoms with Gasteiger partial charge in [0.25, 0.3) is 0 Å². The molecule has 0 fully saturated rings. The van der Waals surface area contributed by atoms with Gasteiger partial charge in [-0.3, -0.25) is 0 Å². The van der Waals surface area contributed by atoms with Crippen LogP contribution in [0.15, 0.2) is 61.2 Å². The lowest BCUT2D eigenvalue weighted by molar-refractivity contribution is 0.299. The molecule has 0 bridgehead atoms. The van der Waals surface area contributed by atoms with E-state index < -0.39 is 0 Å². The fourth-order valence-corrected chi connectivity index (χ4v) is 2.29. The molecule has 0 aliphatic rings. The highest BCUT2D eigenvalue weighted by molar-refractivity contribution is 5.47. The van der Waals surface area contributed by atoms with Gasteiger partial charge in [0, 0.05) is 17.9 Å². The van der Waals surface area contributed by atoms with E-state index in [1.54, 1.807) is 18.2 Å². The van der Waals surface area contributed by atoms with Crippen LogP contribution in [0.5, 0.6) is 0 Å². The average Bonchev–Trinajstić information content (AvgIpc) is 2.50.